The molecule has 1 aromatic heterocycles. The lowest BCUT2D eigenvalue weighted by atomic mass is 9.93. The minimum Gasteiger partial charge on any atom is -0.484 e. The molecule has 0 aliphatic carbocycles. The van der Waals surface area contributed by atoms with Crippen LogP contribution in [0.1, 0.15) is 52.3 Å². The first-order valence-corrected chi connectivity index (χ1v) is 8.12. The zero-order chi connectivity index (χ0) is 18.0. The Labute approximate surface area is 140 Å². The van der Waals surface area contributed by atoms with Crippen LogP contribution in [-0.4, -0.2) is 22.3 Å². The highest BCUT2D eigenvalue weighted by atomic mass is 19.4. The molecule has 134 valence electrons. The summed E-state index contributed by atoms with van der Waals surface area (Å²) in [6, 6.07) is 0. The van der Waals surface area contributed by atoms with Gasteiger partial charge in [0.1, 0.15) is 6.61 Å². The molecule has 1 aromatic rings. The van der Waals surface area contributed by atoms with Crippen LogP contribution < -0.4 is 4.74 Å². The quantitative estimate of drug-likeness (QED) is 0.588. The molecule has 0 fully saturated rings. The third-order valence-corrected chi connectivity index (χ3v) is 3.40. The SMILES string of the molecule is C/C=C\N=C(/COc1cnc(C(F)(F)F)nc1)C(CCC)CCC. The third kappa shape index (κ3) is 6.68. The summed E-state index contributed by atoms with van der Waals surface area (Å²) in [7, 11) is 0. The Morgan fingerprint density at radius 3 is 2.25 bits per heavy atom. The van der Waals surface area contributed by atoms with Crippen LogP contribution in [-0.2, 0) is 6.18 Å². The molecule has 0 aliphatic heterocycles. The van der Waals surface area contributed by atoms with Crippen LogP contribution in [0.3, 0.4) is 0 Å². The molecule has 0 unspecified atom stereocenters. The topological polar surface area (TPSA) is 47.4 Å². The summed E-state index contributed by atoms with van der Waals surface area (Å²) in [6.45, 7) is 6.31. The van der Waals surface area contributed by atoms with Crippen molar-refractivity contribution in [2.24, 2.45) is 10.9 Å². The highest BCUT2D eigenvalue weighted by molar-refractivity contribution is 5.88. The lowest BCUT2D eigenvalue weighted by Gasteiger charge is -2.18. The Morgan fingerprint density at radius 1 is 1.21 bits per heavy atom. The second-order valence-corrected chi connectivity index (χ2v) is 5.41. The van der Waals surface area contributed by atoms with Crippen molar-refractivity contribution in [1.29, 1.82) is 0 Å². The zero-order valence-electron chi connectivity index (χ0n) is 14.3. The number of aliphatic imine (C=N–C) groups is 1. The second kappa shape index (κ2) is 10.1. The first-order chi connectivity index (χ1) is 11.4. The lowest BCUT2D eigenvalue weighted by Crippen LogP contribution is -2.22. The summed E-state index contributed by atoms with van der Waals surface area (Å²) in [4.78, 5) is 11.0. The number of allylic oxidation sites excluding steroid dienone is 1. The van der Waals surface area contributed by atoms with E-state index < -0.39 is 12.0 Å². The molecular weight excluding hydrogens is 319 g/mol. The summed E-state index contributed by atoms with van der Waals surface area (Å²) in [5.41, 5.74) is 0.886. The molecule has 0 saturated carbocycles. The first kappa shape index (κ1) is 20.1. The van der Waals surface area contributed by atoms with E-state index in [0.717, 1.165) is 43.8 Å². The summed E-state index contributed by atoms with van der Waals surface area (Å²) in [5.74, 6) is -0.679. The molecule has 0 N–H and O–H groups in total. The Balaban J connectivity index is 2.80. The van der Waals surface area contributed by atoms with Crippen molar-refractivity contribution < 1.29 is 17.9 Å². The fourth-order valence-corrected chi connectivity index (χ4v) is 2.30. The van der Waals surface area contributed by atoms with E-state index in [4.69, 9.17) is 4.74 Å². The maximum Gasteiger partial charge on any atom is 0.451 e. The van der Waals surface area contributed by atoms with Gasteiger partial charge in [0, 0.05) is 12.1 Å². The molecule has 0 aliphatic rings. The number of halogens is 3. The fraction of sp³-hybridized carbons (Fsp3) is 0.588. The number of alkyl halides is 3. The van der Waals surface area contributed by atoms with Crippen molar-refractivity contribution in [3.63, 3.8) is 0 Å². The predicted octanol–water partition coefficient (Wildman–Crippen LogP) is 5.07. The predicted molar refractivity (Wildman–Crippen MR) is 88.1 cm³/mol. The average molecular weight is 343 g/mol. The number of ether oxygens (including phenoxy) is 1. The van der Waals surface area contributed by atoms with E-state index in [-0.39, 0.29) is 12.4 Å². The number of hydrogen-bond acceptors (Lipinski definition) is 4. The third-order valence-electron chi connectivity index (χ3n) is 3.40. The van der Waals surface area contributed by atoms with E-state index in [2.05, 4.69) is 28.8 Å². The van der Waals surface area contributed by atoms with Gasteiger partial charge in [0.25, 0.3) is 0 Å². The minimum absolute atomic E-state index is 0.197. The van der Waals surface area contributed by atoms with E-state index in [1.165, 1.54) is 0 Å². The van der Waals surface area contributed by atoms with Crippen molar-refractivity contribution in [3.8, 4) is 5.75 Å². The highest BCUT2D eigenvalue weighted by Crippen LogP contribution is 2.26. The minimum atomic E-state index is -4.55. The van der Waals surface area contributed by atoms with Gasteiger partial charge in [0.05, 0.1) is 18.1 Å². The van der Waals surface area contributed by atoms with Gasteiger partial charge in [-0.2, -0.15) is 13.2 Å². The molecule has 1 rings (SSSR count). The number of aromatic nitrogens is 2. The molecule has 0 spiro atoms. The van der Waals surface area contributed by atoms with Crippen LogP contribution in [0.4, 0.5) is 13.2 Å². The van der Waals surface area contributed by atoms with Crippen molar-refractivity contribution >= 4 is 5.71 Å². The zero-order valence-corrected chi connectivity index (χ0v) is 14.3. The van der Waals surface area contributed by atoms with E-state index in [1.807, 2.05) is 13.0 Å². The smallest absolute Gasteiger partial charge is 0.451 e. The second-order valence-electron chi connectivity index (χ2n) is 5.41. The monoisotopic (exact) mass is 343 g/mol. The van der Waals surface area contributed by atoms with Crippen LogP contribution in [0, 0.1) is 5.92 Å². The van der Waals surface area contributed by atoms with Gasteiger partial charge in [-0.3, -0.25) is 4.99 Å². The van der Waals surface area contributed by atoms with E-state index in [1.54, 1.807) is 6.20 Å². The van der Waals surface area contributed by atoms with Gasteiger partial charge in [0.15, 0.2) is 5.75 Å². The maximum atomic E-state index is 12.5. The number of rotatable bonds is 9. The van der Waals surface area contributed by atoms with Crippen molar-refractivity contribution in [3.05, 3.63) is 30.5 Å². The highest BCUT2D eigenvalue weighted by Gasteiger charge is 2.34. The molecule has 4 nitrogen and oxygen atoms in total. The Morgan fingerprint density at radius 2 is 1.79 bits per heavy atom. The van der Waals surface area contributed by atoms with Crippen LogP contribution in [0.2, 0.25) is 0 Å². The molecule has 24 heavy (non-hydrogen) atoms. The van der Waals surface area contributed by atoms with E-state index in [9.17, 15) is 13.2 Å². The Hall–Kier alpha value is -1.92. The van der Waals surface area contributed by atoms with Gasteiger partial charge in [-0.15, -0.1) is 0 Å². The summed E-state index contributed by atoms with van der Waals surface area (Å²) in [5, 5.41) is 0. The van der Waals surface area contributed by atoms with Crippen molar-refractivity contribution in [1.82, 2.24) is 9.97 Å². The van der Waals surface area contributed by atoms with Crippen LogP contribution in [0.15, 0.2) is 29.7 Å². The Bertz CT molecular complexity index is 533. The number of nitrogens with zero attached hydrogens (tertiary/aromatic N) is 3. The Kier molecular flexibility index (Phi) is 8.43. The number of hydrogen-bond donors (Lipinski definition) is 0. The van der Waals surface area contributed by atoms with Gasteiger partial charge in [-0.1, -0.05) is 32.8 Å². The normalized spacial score (nSPS) is 13.0. The lowest BCUT2D eigenvalue weighted by molar-refractivity contribution is -0.145. The molecule has 0 radical (unpaired) electrons. The molecule has 0 bridgehead atoms. The maximum absolute atomic E-state index is 12.5. The molecule has 0 amide bonds. The van der Waals surface area contributed by atoms with Gasteiger partial charge in [0.2, 0.25) is 5.82 Å². The molecule has 0 aromatic carbocycles. The fourth-order valence-electron chi connectivity index (χ4n) is 2.30. The molecular formula is C17H24F3N3O. The van der Waals surface area contributed by atoms with Gasteiger partial charge < -0.3 is 4.74 Å². The summed E-state index contributed by atoms with van der Waals surface area (Å²) in [6.07, 6.45) is 5.12. The summed E-state index contributed by atoms with van der Waals surface area (Å²) < 4.78 is 42.9. The van der Waals surface area contributed by atoms with Crippen molar-refractivity contribution in [2.45, 2.75) is 52.6 Å². The first-order valence-electron chi connectivity index (χ1n) is 8.12. The van der Waals surface area contributed by atoms with Gasteiger partial charge >= 0.3 is 6.18 Å². The van der Waals surface area contributed by atoms with Crippen LogP contribution >= 0.6 is 0 Å². The van der Waals surface area contributed by atoms with E-state index >= 15 is 0 Å². The van der Waals surface area contributed by atoms with Gasteiger partial charge in [-0.25, -0.2) is 9.97 Å². The average Bonchev–Trinajstić information content (AvgIpc) is 2.54. The van der Waals surface area contributed by atoms with Crippen LogP contribution in [0.25, 0.3) is 0 Å². The standard InChI is InChI=1S/C17H24F3N3O/c1-4-7-13(8-5-2)15(21-9-6-3)12-24-14-10-22-16(23-11-14)17(18,19)20/h6,9-11,13H,4-5,7-8,12H2,1-3H3/b9-6-,21-15+. The van der Waals surface area contributed by atoms with Gasteiger partial charge in [-0.05, 0) is 19.8 Å². The molecule has 1 heterocycles. The van der Waals surface area contributed by atoms with E-state index in [0.29, 0.717) is 5.92 Å². The molecule has 0 atom stereocenters. The molecule has 0 saturated heterocycles. The largest absolute Gasteiger partial charge is 0.484 e. The van der Waals surface area contributed by atoms with Crippen LogP contribution in [0.5, 0.6) is 5.75 Å². The summed E-state index contributed by atoms with van der Waals surface area (Å²) >= 11 is 0. The molecule has 7 heteroatoms. The van der Waals surface area contributed by atoms with Crippen molar-refractivity contribution in [2.75, 3.05) is 6.61 Å².